The van der Waals surface area contributed by atoms with Crippen LogP contribution >= 0.6 is 0 Å². The minimum absolute atomic E-state index is 0.370. The third-order valence-corrected chi connectivity index (χ3v) is 6.02. The van der Waals surface area contributed by atoms with Crippen LogP contribution in [0.2, 0.25) is 0 Å². The van der Waals surface area contributed by atoms with Gasteiger partial charge in [0.15, 0.2) is 9.84 Å². The van der Waals surface area contributed by atoms with Crippen LogP contribution in [0.1, 0.15) is 37.2 Å². The van der Waals surface area contributed by atoms with E-state index < -0.39 is 9.84 Å². The number of likely N-dealkylation sites (tertiary alicyclic amines) is 1. The van der Waals surface area contributed by atoms with Crippen molar-refractivity contribution in [3.05, 3.63) is 29.8 Å². The van der Waals surface area contributed by atoms with E-state index >= 15 is 0 Å². The molecule has 1 saturated carbocycles. The van der Waals surface area contributed by atoms with Crippen molar-refractivity contribution >= 4 is 9.84 Å². The van der Waals surface area contributed by atoms with Gasteiger partial charge in [-0.15, -0.1) is 0 Å². The molecule has 3 rings (SSSR count). The van der Waals surface area contributed by atoms with Gasteiger partial charge in [-0.3, -0.25) is 4.90 Å². The van der Waals surface area contributed by atoms with Gasteiger partial charge in [-0.2, -0.15) is 0 Å². The van der Waals surface area contributed by atoms with Crippen LogP contribution in [0.3, 0.4) is 0 Å². The monoisotopic (exact) mass is 308 g/mol. The second-order valence-corrected chi connectivity index (χ2v) is 8.58. The second kappa shape index (κ2) is 5.71. The molecule has 21 heavy (non-hydrogen) atoms. The number of hydrogen-bond donors (Lipinski definition) is 1. The summed E-state index contributed by atoms with van der Waals surface area (Å²) in [7, 11) is -3.11. The van der Waals surface area contributed by atoms with Crippen molar-refractivity contribution in [1.82, 2.24) is 4.90 Å². The van der Waals surface area contributed by atoms with E-state index in [2.05, 4.69) is 11.0 Å². The molecule has 0 aromatic heterocycles. The third-order valence-electron chi connectivity index (χ3n) is 4.91. The number of rotatable bonds is 3. The third kappa shape index (κ3) is 3.30. The van der Waals surface area contributed by atoms with Crippen molar-refractivity contribution in [2.75, 3.05) is 19.3 Å². The summed E-state index contributed by atoms with van der Waals surface area (Å²) in [5, 5.41) is 0. The van der Waals surface area contributed by atoms with Crippen molar-refractivity contribution in [3.8, 4) is 0 Å². The zero-order valence-corrected chi connectivity index (χ0v) is 13.3. The van der Waals surface area contributed by atoms with E-state index in [1.165, 1.54) is 24.7 Å². The normalized spacial score (nSPS) is 28.3. The van der Waals surface area contributed by atoms with Crippen LogP contribution in [-0.2, 0) is 9.84 Å². The number of hydrogen-bond acceptors (Lipinski definition) is 4. The highest BCUT2D eigenvalue weighted by molar-refractivity contribution is 7.90. The molecule has 0 bridgehead atoms. The van der Waals surface area contributed by atoms with Gasteiger partial charge in [0.1, 0.15) is 0 Å². The first-order valence-electron chi connectivity index (χ1n) is 7.73. The highest BCUT2D eigenvalue weighted by Crippen LogP contribution is 2.36. The van der Waals surface area contributed by atoms with E-state index in [1.807, 2.05) is 12.1 Å². The molecule has 1 aliphatic carbocycles. The van der Waals surface area contributed by atoms with Gasteiger partial charge in [-0.1, -0.05) is 12.1 Å². The van der Waals surface area contributed by atoms with Gasteiger partial charge in [0.25, 0.3) is 0 Å². The van der Waals surface area contributed by atoms with Gasteiger partial charge in [-0.25, -0.2) is 8.42 Å². The maximum atomic E-state index is 11.7. The number of nitrogens with two attached hydrogens (primary N) is 1. The fourth-order valence-corrected chi connectivity index (χ4v) is 4.30. The number of benzene rings is 1. The Labute approximate surface area is 127 Å². The Bertz CT molecular complexity index is 600. The average Bonchev–Trinajstić information content (AvgIpc) is 2.43. The summed E-state index contributed by atoms with van der Waals surface area (Å²) in [6, 6.07) is 8.53. The van der Waals surface area contributed by atoms with Gasteiger partial charge in [0.05, 0.1) is 4.90 Å². The van der Waals surface area contributed by atoms with Crippen molar-refractivity contribution in [3.63, 3.8) is 0 Å². The van der Waals surface area contributed by atoms with Crippen LogP contribution in [0.4, 0.5) is 0 Å². The lowest BCUT2D eigenvalue weighted by molar-refractivity contribution is 0.0679. The molecule has 0 spiro atoms. The summed E-state index contributed by atoms with van der Waals surface area (Å²) in [6.45, 7) is 2.08. The predicted molar refractivity (Wildman–Crippen MR) is 84.1 cm³/mol. The fourth-order valence-electron chi connectivity index (χ4n) is 3.62. The lowest BCUT2D eigenvalue weighted by Gasteiger charge is -2.45. The van der Waals surface area contributed by atoms with E-state index in [9.17, 15) is 8.42 Å². The summed E-state index contributed by atoms with van der Waals surface area (Å²) in [6.07, 6.45) is 5.95. The summed E-state index contributed by atoms with van der Waals surface area (Å²) in [4.78, 5) is 2.93. The quantitative estimate of drug-likeness (QED) is 0.924. The Morgan fingerprint density at radius 3 is 2.38 bits per heavy atom. The largest absolute Gasteiger partial charge is 0.325 e. The van der Waals surface area contributed by atoms with Crippen LogP contribution < -0.4 is 5.73 Å². The average molecular weight is 308 g/mol. The minimum Gasteiger partial charge on any atom is -0.325 e. The Kier molecular flexibility index (Phi) is 4.08. The summed E-state index contributed by atoms with van der Waals surface area (Å²) in [5.41, 5.74) is 7.03. The maximum absolute atomic E-state index is 11.7. The molecule has 0 unspecified atom stereocenters. The van der Waals surface area contributed by atoms with Crippen LogP contribution in [-0.4, -0.2) is 44.7 Å². The van der Waals surface area contributed by atoms with Gasteiger partial charge in [0, 0.05) is 31.4 Å². The molecule has 1 aromatic rings. The highest BCUT2D eigenvalue weighted by Gasteiger charge is 2.33. The lowest BCUT2D eigenvalue weighted by atomic mass is 9.80. The molecular formula is C16H24N2O2S. The second-order valence-electron chi connectivity index (χ2n) is 6.56. The topological polar surface area (TPSA) is 63.4 Å². The zero-order valence-electron chi connectivity index (χ0n) is 12.5. The van der Waals surface area contributed by atoms with E-state index in [0.717, 1.165) is 25.9 Å². The van der Waals surface area contributed by atoms with E-state index in [1.54, 1.807) is 6.07 Å². The first kappa shape index (κ1) is 15.0. The van der Waals surface area contributed by atoms with Gasteiger partial charge in [0.2, 0.25) is 0 Å². The molecule has 2 fully saturated rings. The van der Waals surface area contributed by atoms with Crippen LogP contribution in [0, 0.1) is 0 Å². The Hall–Kier alpha value is -0.910. The van der Waals surface area contributed by atoms with E-state index in [4.69, 9.17) is 5.73 Å². The summed E-state index contributed by atoms with van der Waals surface area (Å²) >= 11 is 0. The molecule has 1 aromatic carbocycles. The molecule has 0 amide bonds. The van der Waals surface area contributed by atoms with Crippen molar-refractivity contribution in [2.45, 2.75) is 48.6 Å². The van der Waals surface area contributed by atoms with E-state index in [-0.39, 0.29) is 0 Å². The first-order chi connectivity index (χ1) is 9.93. The van der Waals surface area contributed by atoms with Gasteiger partial charge >= 0.3 is 0 Å². The Morgan fingerprint density at radius 1 is 1.14 bits per heavy atom. The molecule has 1 saturated heterocycles. The van der Waals surface area contributed by atoms with Crippen molar-refractivity contribution in [1.29, 1.82) is 0 Å². The van der Waals surface area contributed by atoms with Crippen LogP contribution in [0.5, 0.6) is 0 Å². The highest BCUT2D eigenvalue weighted by atomic mass is 32.2. The molecule has 5 heteroatoms. The molecule has 116 valence electrons. The van der Waals surface area contributed by atoms with Crippen LogP contribution in [0.25, 0.3) is 0 Å². The molecule has 0 radical (unpaired) electrons. The molecule has 1 heterocycles. The summed E-state index contributed by atoms with van der Waals surface area (Å²) < 4.78 is 23.3. The molecule has 1 aliphatic heterocycles. The standard InChI is InChI=1S/C16H24N2O2S/c1-21(19,20)16-4-2-3-13(9-16)12-5-7-15(8-6-12)18-10-14(17)11-18/h2-4,9,12,14-15H,5-8,10-11,17H2,1H3. The van der Waals surface area contributed by atoms with Crippen LogP contribution in [0.15, 0.2) is 29.2 Å². The molecule has 0 atom stereocenters. The Balaban J connectivity index is 1.64. The summed E-state index contributed by atoms with van der Waals surface area (Å²) in [5.74, 6) is 0.498. The smallest absolute Gasteiger partial charge is 0.175 e. The molecule has 2 aliphatic rings. The minimum atomic E-state index is -3.11. The fraction of sp³-hybridized carbons (Fsp3) is 0.625. The van der Waals surface area contributed by atoms with Crippen molar-refractivity contribution in [2.24, 2.45) is 5.73 Å². The molecule has 4 nitrogen and oxygen atoms in total. The lowest BCUT2D eigenvalue weighted by Crippen LogP contribution is -2.59. The number of nitrogens with zero attached hydrogens (tertiary/aromatic N) is 1. The molecular weight excluding hydrogens is 284 g/mol. The Morgan fingerprint density at radius 2 is 1.81 bits per heavy atom. The SMILES string of the molecule is CS(=O)(=O)c1cccc(C2CCC(N3CC(N)C3)CC2)c1. The zero-order chi connectivity index (χ0) is 15.0. The molecule has 2 N–H and O–H groups in total. The van der Waals surface area contributed by atoms with Gasteiger partial charge < -0.3 is 5.73 Å². The van der Waals surface area contributed by atoms with Gasteiger partial charge in [-0.05, 0) is 49.3 Å². The number of sulfone groups is 1. The first-order valence-corrected chi connectivity index (χ1v) is 9.62. The maximum Gasteiger partial charge on any atom is 0.175 e. The van der Waals surface area contributed by atoms with E-state index in [0.29, 0.717) is 22.9 Å². The van der Waals surface area contributed by atoms with Crippen molar-refractivity contribution < 1.29 is 8.42 Å². The predicted octanol–water partition coefficient (Wildman–Crippen LogP) is 1.76.